The largest absolute Gasteiger partial charge is 0.456 e. The van der Waals surface area contributed by atoms with Crippen molar-refractivity contribution in [3.05, 3.63) is 58.0 Å². The molecule has 23 heavy (non-hydrogen) atoms. The minimum atomic E-state index is -0.233. The molecule has 2 N–H and O–H groups in total. The Hall–Kier alpha value is -2.08. The molecule has 2 rings (SSSR count). The zero-order valence-electron chi connectivity index (χ0n) is 12.9. The first-order chi connectivity index (χ1) is 11.1. The first-order valence-electron chi connectivity index (χ1n) is 7.51. The molecule has 5 nitrogen and oxygen atoms in total. The molecule has 1 heterocycles. The van der Waals surface area contributed by atoms with Crippen molar-refractivity contribution in [2.45, 2.75) is 19.8 Å². The number of halogens is 1. The zero-order valence-corrected chi connectivity index (χ0v) is 14.5. The highest BCUT2D eigenvalue weighted by Crippen LogP contribution is 2.11. The normalized spacial score (nSPS) is 10.3. The van der Waals surface area contributed by atoms with E-state index in [2.05, 4.69) is 26.6 Å². The second-order valence-electron chi connectivity index (χ2n) is 5.00. The van der Waals surface area contributed by atoms with Crippen LogP contribution in [0.3, 0.4) is 0 Å². The number of carbonyl (C=O) groups excluding carboxylic acids is 2. The maximum atomic E-state index is 11.9. The van der Waals surface area contributed by atoms with Crippen molar-refractivity contribution in [2.75, 3.05) is 13.1 Å². The van der Waals surface area contributed by atoms with Gasteiger partial charge in [0.25, 0.3) is 11.8 Å². The van der Waals surface area contributed by atoms with Crippen LogP contribution in [0.15, 0.2) is 45.3 Å². The summed E-state index contributed by atoms with van der Waals surface area (Å²) in [5.41, 5.74) is 0.603. The molecule has 2 amide bonds. The highest BCUT2D eigenvalue weighted by Gasteiger charge is 2.10. The standard InChI is InChI=1S/C17H19BrN2O3/c1-2-14-7-8-15(23-14)17(22)20-10-4-9-19-16(21)12-5-3-6-13(18)11-12/h3,5-8,11H,2,4,9-10H2,1H3,(H,19,21)(H,20,22). The molecule has 122 valence electrons. The SMILES string of the molecule is CCc1ccc(C(=O)NCCCNC(=O)c2cccc(Br)c2)o1. The lowest BCUT2D eigenvalue weighted by Gasteiger charge is -2.06. The van der Waals surface area contributed by atoms with Gasteiger partial charge in [-0.25, -0.2) is 0 Å². The molecule has 6 heteroatoms. The summed E-state index contributed by atoms with van der Waals surface area (Å²) in [6, 6.07) is 10.7. The number of furan rings is 1. The first-order valence-corrected chi connectivity index (χ1v) is 8.30. The van der Waals surface area contributed by atoms with E-state index in [0.29, 0.717) is 30.8 Å². The number of amides is 2. The molecular weight excluding hydrogens is 360 g/mol. The fourth-order valence-corrected chi connectivity index (χ4v) is 2.40. The van der Waals surface area contributed by atoms with Crippen LogP contribution in [-0.2, 0) is 6.42 Å². The third-order valence-corrected chi connectivity index (χ3v) is 3.74. The van der Waals surface area contributed by atoms with Gasteiger partial charge in [0, 0.05) is 29.5 Å². The van der Waals surface area contributed by atoms with Crippen LogP contribution in [0, 0.1) is 0 Å². The van der Waals surface area contributed by atoms with Crippen LogP contribution in [-0.4, -0.2) is 24.9 Å². The molecule has 0 saturated heterocycles. The van der Waals surface area contributed by atoms with Crippen molar-refractivity contribution in [3.63, 3.8) is 0 Å². The van der Waals surface area contributed by atoms with Crippen molar-refractivity contribution in [2.24, 2.45) is 0 Å². The Labute approximate surface area is 143 Å². The molecule has 0 aliphatic carbocycles. The molecule has 0 atom stereocenters. The highest BCUT2D eigenvalue weighted by atomic mass is 79.9. The molecule has 2 aromatic rings. The van der Waals surface area contributed by atoms with Crippen LogP contribution in [0.2, 0.25) is 0 Å². The summed E-state index contributed by atoms with van der Waals surface area (Å²) in [4.78, 5) is 23.7. The van der Waals surface area contributed by atoms with Gasteiger partial charge in [-0.3, -0.25) is 9.59 Å². The van der Waals surface area contributed by atoms with Crippen LogP contribution >= 0.6 is 15.9 Å². The van der Waals surface area contributed by atoms with Gasteiger partial charge in [-0.2, -0.15) is 0 Å². The maximum absolute atomic E-state index is 11.9. The minimum Gasteiger partial charge on any atom is -0.456 e. The fraction of sp³-hybridized carbons (Fsp3) is 0.294. The van der Waals surface area contributed by atoms with Gasteiger partial charge in [0.05, 0.1) is 0 Å². The van der Waals surface area contributed by atoms with Crippen molar-refractivity contribution in [1.82, 2.24) is 10.6 Å². The second kappa shape index (κ2) is 8.53. The smallest absolute Gasteiger partial charge is 0.286 e. The monoisotopic (exact) mass is 378 g/mol. The van der Waals surface area contributed by atoms with Gasteiger partial charge < -0.3 is 15.1 Å². The van der Waals surface area contributed by atoms with Gasteiger partial charge in [0.2, 0.25) is 0 Å². The van der Waals surface area contributed by atoms with Crippen molar-refractivity contribution in [1.29, 1.82) is 0 Å². The summed E-state index contributed by atoms with van der Waals surface area (Å²) >= 11 is 3.33. The zero-order chi connectivity index (χ0) is 16.7. The number of rotatable bonds is 7. The summed E-state index contributed by atoms with van der Waals surface area (Å²) in [7, 11) is 0. The molecular formula is C17H19BrN2O3. The number of aryl methyl sites for hydroxylation is 1. The lowest BCUT2D eigenvalue weighted by molar-refractivity contribution is 0.0924. The van der Waals surface area contributed by atoms with E-state index in [0.717, 1.165) is 16.7 Å². The Morgan fingerprint density at radius 3 is 2.48 bits per heavy atom. The summed E-state index contributed by atoms with van der Waals surface area (Å²) in [6.07, 6.45) is 1.40. The van der Waals surface area contributed by atoms with E-state index < -0.39 is 0 Å². The lowest BCUT2D eigenvalue weighted by Crippen LogP contribution is -2.29. The minimum absolute atomic E-state index is 0.128. The summed E-state index contributed by atoms with van der Waals surface area (Å²) < 4.78 is 6.24. The van der Waals surface area contributed by atoms with Crippen LogP contribution in [0.1, 0.15) is 40.0 Å². The summed E-state index contributed by atoms with van der Waals surface area (Å²) in [5, 5.41) is 5.59. The molecule has 0 bridgehead atoms. The Morgan fingerprint density at radius 2 is 1.83 bits per heavy atom. The van der Waals surface area contributed by atoms with E-state index in [1.165, 1.54) is 0 Å². The Bertz CT molecular complexity index is 682. The van der Waals surface area contributed by atoms with Crippen molar-refractivity contribution >= 4 is 27.7 Å². The topological polar surface area (TPSA) is 71.3 Å². The van der Waals surface area contributed by atoms with Gasteiger partial charge in [-0.1, -0.05) is 28.9 Å². The van der Waals surface area contributed by atoms with Gasteiger partial charge in [-0.05, 0) is 36.8 Å². The molecule has 1 aromatic heterocycles. The molecule has 0 aliphatic rings. The van der Waals surface area contributed by atoms with Gasteiger partial charge in [0.1, 0.15) is 5.76 Å². The van der Waals surface area contributed by atoms with E-state index in [1.54, 1.807) is 24.3 Å². The summed E-state index contributed by atoms with van der Waals surface area (Å²) in [5.74, 6) is 0.746. The number of benzene rings is 1. The molecule has 0 fully saturated rings. The van der Waals surface area contributed by atoms with E-state index in [-0.39, 0.29) is 11.8 Å². The summed E-state index contributed by atoms with van der Waals surface area (Å²) in [6.45, 7) is 2.93. The Balaban J connectivity index is 1.67. The van der Waals surface area contributed by atoms with E-state index in [1.807, 2.05) is 19.1 Å². The highest BCUT2D eigenvalue weighted by molar-refractivity contribution is 9.10. The molecule has 0 aliphatic heterocycles. The molecule has 0 unspecified atom stereocenters. The van der Waals surface area contributed by atoms with Crippen LogP contribution in [0.25, 0.3) is 0 Å². The fourth-order valence-electron chi connectivity index (χ4n) is 2.00. The van der Waals surface area contributed by atoms with Gasteiger partial charge in [0.15, 0.2) is 5.76 Å². The first kappa shape index (κ1) is 17.3. The Kier molecular flexibility index (Phi) is 6.40. The predicted molar refractivity (Wildman–Crippen MR) is 91.5 cm³/mol. The van der Waals surface area contributed by atoms with Gasteiger partial charge >= 0.3 is 0 Å². The number of hydrogen-bond acceptors (Lipinski definition) is 3. The number of carbonyl (C=O) groups is 2. The van der Waals surface area contributed by atoms with E-state index in [9.17, 15) is 9.59 Å². The number of nitrogens with one attached hydrogen (secondary N) is 2. The van der Waals surface area contributed by atoms with Crippen LogP contribution in [0.5, 0.6) is 0 Å². The Morgan fingerprint density at radius 1 is 1.09 bits per heavy atom. The molecule has 0 saturated carbocycles. The molecule has 0 spiro atoms. The molecule has 0 radical (unpaired) electrons. The van der Waals surface area contributed by atoms with E-state index in [4.69, 9.17) is 4.42 Å². The van der Waals surface area contributed by atoms with Crippen molar-refractivity contribution in [3.8, 4) is 0 Å². The second-order valence-corrected chi connectivity index (χ2v) is 5.91. The maximum Gasteiger partial charge on any atom is 0.286 e. The third-order valence-electron chi connectivity index (χ3n) is 3.25. The lowest BCUT2D eigenvalue weighted by atomic mass is 10.2. The number of hydrogen-bond donors (Lipinski definition) is 2. The average molecular weight is 379 g/mol. The van der Waals surface area contributed by atoms with Crippen LogP contribution in [0.4, 0.5) is 0 Å². The quantitative estimate of drug-likeness (QED) is 0.726. The van der Waals surface area contributed by atoms with Crippen LogP contribution < -0.4 is 10.6 Å². The third kappa shape index (κ3) is 5.25. The average Bonchev–Trinajstić information content (AvgIpc) is 3.03. The van der Waals surface area contributed by atoms with Crippen molar-refractivity contribution < 1.29 is 14.0 Å². The predicted octanol–water partition coefficient (Wildman–Crippen LogP) is 3.15. The van der Waals surface area contributed by atoms with Gasteiger partial charge in [-0.15, -0.1) is 0 Å². The molecule has 1 aromatic carbocycles. The van der Waals surface area contributed by atoms with E-state index >= 15 is 0 Å².